The molecule has 0 atom stereocenters. The van der Waals surface area contributed by atoms with E-state index in [0.717, 1.165) is 10.5 Å². The fraction of sp³-hybridized carbons (Fsp3) is 0.0870. The molecule has 4 rings (SSSR count). The molecule has 3 aromatic rings. The van der Waals surface area contributed by atoms with Crippen molar-refractivity contribution in [3.8, 4) is 5.75 Å². The Morgan fingerprint density at radius 2 is 1.83 bits per heavy atom. The van der Waals surface area contributed by atoms with Gasteiger partial charge >= 0.3 is 0 Å². The molecular formula is C23H17NO4S. The molecule has 1 aliphatic heterocycles. The number of benzene rings is 3. The number of nitro groups is 1. The minimum Gasteiger partial charge on any atom is -0.488 e. The van der Waals surface area contributed by atoms with Gasteiger partial charge in [-0.3, -0.25) is 14.9 Å². The second-order valence-electron chi connectivity index (χ2n) is 6.68. The topological polar surface area (TPSA) is 69.4 Å². The summed E-state index contributed by atoms with van der Waals surface area (Å²) in [5.41, 5.74) is 2.71. The summed E-state index contributed by atoms with van der Waals surface area (Å²) in [6.07, 6.45) is 1.66. The van der Waals surface area contributed by atoms with Gasteiger partial charge in [0.05, 0.1) is 15.4 Å². The van der Waals surface area contributed by atoms with Crippen LogP contribution in [-0.2, 0) is 0 Å². The Hall–Kier alpha value is -3.38. The van der Waals surface area contributed by atoms with Gasteiger partial charge in [0, 0.05) is 16.5 Å². The van der Waals surface area contributed by atoms with Crippen molar-refractivity contribution in [2.45, 2.75) is 16.7 Å². The fourth-order valence-corrected chi connectivity index (χ4v) is 3.97. The molecule has 0 fully saturated rings. The highest BCUT2D eigenvalue weighted by Gasteiger charge is 2.23. The molecule has 0 aliphatic carbocycles. The van der Waals surface area contributed by atoms with Gasteiger partial charge in [-0.2, -0.15) is 0 Å². The van der Waals surface area contributed by atoms with Crippen LogP contribution in [0.5, 0.6) is 5.75 Å². The zero-order valence-corrected chi connectivity index (χ0v) is 16.4. The summed E-state index contributed by atoms with van der Waals surface area (Å²) in [6.45, 7) is 2.14. The molecule has 0 saturated heterocycles. The predicted molar refractivity (Wildman–Crippen MR) is 113 cm³/mol. The summed E-state index contributed by atoms with van der Waals surface area (Å²) in [5, 5.41) is 11.6. The third-order valence-corrected chi connectivity index (χ3v) is 5.65. The second kappa shape index (κ2) is 7.93. The first-order valence-corrected chi connectivity index (χ1v) is 9.83. The van der Waals surface area contributed by atoms with Gasteiger partial charge in [-0.15, -0.1) is 0 Å². The van der Waals surface area contributed by atoms with Crippen LogP contribution in [0.15, 0.2) is 82.1 Å². The van der Waals surface area contributed by atoms with Gasteiger partial charge < -0.3 is 4.74 Å². The lowest BCUT2D eigenvalue weighted by atomic mass is 9.98. The number of fused-ring (bicyclic) bond motifs is 1. The molecule has 29 heavy (non-hydrogen) atoms. The van der Waals surface area contributed by atoms with Crippen LogP contribution < -0.4 is 4.74 Å². The van der Waals surface area contributed by atoms with Crippen molar-refractivity contribution < 1.29 is 14.5 Å². The van der Waals surface area contributed by atoms with Crippen LogP contribution >= 0.6 is 11.8 Å². The molecule has 0 N–H and O–H groups in total. The second-order valence-corrected chi connectivity index (χ2v) is 7.80. The molecule has 0 bridgehead atoms. The molecule has 0 spiro atoms. The smallest absolute Gasteiger partial charge is 0.283 e. The molecular weight excluding hydrogens is 386 g/mol. The maximum absolute atomic E-state index is 12.7. The zero-order chi connectivity index (χ0) is 20.4. The molecule has 0 radical (unpaired) electrons. The van der Waals surface area contributed by atoms with Gasteiger partial charge in [-0.25, -0.2) is 0 Å². The number of carbonyl (C=O) groups is 1. The maximum Gasteiger partial charge on any atom is 0.283 e. The van der Waals surface area contributed by atoms with E-state index in [2.05, 4.69) is 0 Å². The largest absolute Gasteiger partial charge is 0.488 e. The normalized spacial score (nSPS) is 14.4. The molecule has 0 unspecified atom stereocenters. The summed E-state index contributed by atoms with van der Waals surface area (Å²) < 4.78 is 5.64. The summed E-state index contributed by atoms with van der Waals surface area (Å²) in [7, 11) is 0. The van der Waals surface area contributed by atoms with E-state index in [1.807, 2.05) is 37.3 Å². The van der Waals surface area contributed by atoms with Crippen molar-refractivity contribution in [3.63, 3.8) is 0 Å². The summed E-state index contributed by atoms with van der Waals surface area (Å²) in [4.78, 5) is 25.4. The summed E-state index contributed by atoms with van der Waals surface area (Å²) in [5.74, 6) is 0.443. The van der Waals surface area contributed by atoms with Crippen molar-refractivity contribution in [3.05, 3.63) is 99.1 Å². The Morgan fingerprint density at radius 1 is 1.07 bits per heavy atom. The van der Waals surface area contributed by atoms with Crippen LogP contribution in [0.25, 0.3) is 6.08 Å². The molecule has 5 nitrogen and oxygen atoms in total. The number of hydrogen-bond donors (Lipinski definition) is 0. The summed E-state index contributed by atoms with van der Waals surface area (Å²) in [6, 6.07) is 19.9. The minimum absolute atomic E-state index is 0.00880. The Morgan fingerprint density at radius 3 is 2.59 bits per heavy atom. The van der Waals surface area contributed by atoms with Gasteiger partial charge in [0.2, 0.25) is 0 Å². The fourth-order valence-electron chi connectivity index (χ4n) is 3.07. The number of nitro benzene ring substituents is 1. The number of rotatable bonds is 4. The van der Waals surface area contributed by atoms with Crippen LogP contribution in [0.1, 0.15) is 21.5 Å². The quantitative estimate of drug-likeness (QED) is 0.317. The minimum atomic E-state index is -0.396. The third-order valence-electron chi connectivity index (χ3n) is 4.58. The number of nitrogens with zero attached hydrogens (tertiary/aromatic N) is 1. The van der Waals surface area contributed by atoms with E-state index in [1.165, 1.54) is 17.8 Å². The van der Waals surface area contributed by atoms with Crippen LogP contribution in [0.2, 0.25) is 0 Å². The van der Waals surface area contributed by atoms with Crippen molar-refractivity contribution in [1.82, 2.24) is 0 Å². The Bertz CT molecular complexity index is 1140. The number of para-hydroxylation sites is 1. The van der Waals surface area contributed by atoms with Gasteiger partial charge in [-0.1, -0.05) is 47.7 Å². The van der Waals surface area contributed by atoms with Gasteiger partial charge in [0.25, 0.3) is 5.69 Å². The van der Waals surface area contributed by atoms with E-state index < -0.39 is 4.92 Å². The highest BCUT2D eigenvalue weighted by atomic mass is 32.2. The van der Waals surface area contributed by atoms with Gasteiger partial charge in [-0.05, 0) is 48.9 Å². The SMILES string of the molecule is Cc1ccc(Sc2ccc(/C=C3\COc4ccccc4C3=O)cc2[N+](=O)[O-])cc1. The van der Waals surface area contributed by atoms with Crippen LogP contribution in [0.3, 0.4) is 0 Å². The van der Waals surface area contributed by atoms with E-state index in [9.17, 15) is 14.9 Å². The van der Waals surface area contributed by atoms with Crippen molar-refractivity contribution in [1.29, 1.82) is 0 Å². The van der Waals surface area contributed by atoms with Gasteiger partial charge in [0.15, 0.2) is 5.78 Å². The Balaban J connectivity index is 1.65. The number of hydrogen-bond acceptors (Lipinski definition) is 5. The standard InChI is InChI=1S/C23H17NO4S/c1-15-6-9-18(10-7-15)29-22-11-8-16(13-20(22)24(26)27)12-17-14-28-21-5-3-2-4-19(21)23(17)25/h2-13H,14H2,1H3/b17-12+. The monoisotopic (exact) mass is 403 g/mol. The first-order valence-electron chi connectivity index (χ1n) is 9.01. The molecule has 0 amide bonds. The first-order chi connectivity index (χ1) is 14.0. The van der Waals surface area contributed by atoms with E-state index in [-0.39, 0.29) is 18.1 Å². The Kier molecular flexibility index (Phi) is 5.18. The van der Waals surface area contributed by atoms with Crippen LogP contribution in [-0.4, -0.2) is 17.3 Å². The zero-order valence-electron chi connectivity index (χ0n) is 15.6. The molecule has 1 heterocycles. The van der Waals surface area contributed by atoms with E-state index in [4.69, 9.17) is 4.74 Å². The molecule has 6 heteroatoms. The maximum atomic E-state index is 12.7. The number of carbonyl (C=O) groups excluding carboxylic acids is 1. The average Bonchev–Trinajstić information content (AvgIpc) is 2.73. The average molecular weight is 403 g/mol. The van der Waals surface area contributed by atoms with Crippen molar-refractivity contribution in [2.24, 2.45) is 0 Å². The molecule has 144 valence electrons. The van der Waals surface area contributed by atoms with E-state index in [1.54, 1.807) is 36.4 Å². The van der Waals surface area contributed by atoms with E-state index >= 15 is 0 Å². The first kappa shape index (κ1) is 19.0. The number of ketones is 1. The van der Waals surface area contributed by atoms with Crippen molar-refractivity contribution in [2.75, 3.05) is 6.61 Å². The third kappa shape index (κ3) is 4.07. The van der Waals surface area contributed by atoms with E-state index in [0.29, 0.717) is 27.3 Å². The molecule has 1 aliphatic rings. The Labute approximate surface area is 172 Å². The number of aryl methyl sites for hydroxylation is 1. The molecule has 0 saturated carbocycles. The van der Waals surface area contributed by atoms with Crippen LogP contribution in [0, 0.1) is 17.0 Å². The molecule has 0 aromatic heterocycles. The predicted octanol–water partition coefficient (Wildman–Crippen LogP) is 5.71. The van der Waals surface area contributed by atoms with Crippen LogP contribution in [0.4, 0.5) is 5.69 Å². The number of Topliss-reactive ketones (excluding diaryl/α,β-unsaturated/α-hetero) is 1. The number of ether oxygens (including phenoxy) is 1. The summed E-state index contributed by atoms with van der Waals surface area (Å²) >= 11 is 1.34. The highest BCUT2D eigenvalue weighted by molar-refractivity contribution is 7.99. The molecule has 3 aromatic carbocycles. The van der Waals surface area contributed by atoms with Crippen molar-refractivity contribution >= 4 is 29.3 Å². The lowest BCUT2D eigenvalue weighted by Crippen LogP contribution is -2.18. The lowest BCUT2D eigenvalue weighted by Gasteiger charge is -2.18. The lowest BCUT2D eigenvalue weighted by molar-refractivity contribution is -0.387. The van der Waals surface area contributed by atoms with Gasteiger partial charge in [0.1, 0.15) is 12.4 Å². The highest BCUT2D eigenvalue weighted by Crippen LogP contribution is 2.36.